The maximum Gasteiger partial charge on any atom is 0.335 e. The maximum absolute atomic E-state index is 11.7. The summed E-state index contributed by atoms with van der Waals surface area (Å²) in [5.41, 5.74) is 12.7. The van der Waals surface area contributed by atoms with Gasteiger partial charge in [-0.1, -0.05) is 54.9 Å². The van der Waals surface area contributed by atoms with Gasteiger partial charge in [0.15, 0.2) is 8.24 Å². The number of rotatable bonds is 6. The lowest BCUT2D eigenvalue weighted by Gasteiger charge is -2.47. The van der Waals surface area contributed by atoms with Crippen molar-refractivity contribution in [1.29, 1.82) is 0 Å². The number of benzene rings is 1. The highest BCUT2D eigenvalue weighted by Crippen LogP contribution is 2.49. The molecule has 5 heteroatoms. The van der Waals surface area contributed by atoms with E-state index in [2.05, 4.69) is 58.8 Å². The van der Waals surface area contributed by atoms with Crippen LogP contribution in [0.2, 0.25) is 16.6 Å². The largest absolute Gasteiger partial charge is 0.478 e. The minimum absolute atomic E-state index is 0.0208. The third-order valence-corrected chi connectivity index (χ3v) is 14.3. The summed E-state index contributed by atoms with van der Waals surface area (Å²) in [6, 6.07) is 5.75. The summed E-state index contributed by atoms with van der Waals surface area (Å²) in [7, 11) is -2.02. The zero-order chi connectivity index (χ0) is 21.7. The van der Waals surface area contributed by atoms with Gasteiger partial charge in [0.1, 0.15) is 0 Å². The first-order valence-electron chi connectivity index (χ1n) is 11.2. The van der Waals surface area contributed by atoms with E-state index in [4.69, 9.17) is 5.73 Å². The fourth-order valence-electron chi connectivity index (χ4n) is 6.46. The highest BCUT2D eigenvalue weighted by Gasteiger charge is 2.48. The molecular formula is C24H38N2O2Si. The van der Waals surface area contributed by atoms with Gasteiger partial charge >= 0.3 is 5.97 Å². The molecule has 2 atom stereocenters. The molecule has 0 saturated heterocycles. The van der Waals surface area contributed by atoms with E-state index >= 15 is 0 Å². The van der Waals surface area contributed by atoms with Crippen LogP contribution in [-0.4, -0.2) is 23.5 Å². The molecule has 0 bridgehead atoms. The molecule has 1 heterocycles. The molecule has 0 spiro atoms. The zero-order valence-electron chi connectivity index (χ0n) is 19.1. The number of aromatic carboxylic acids is 1. The van der Waals surface area contributed by atoms with Gasteiger partial charge in [0.25, 0.3) is 0 Å². The number of carboxylic acid groups (broad SMARTS) is 1. The number of hydrogen-bond acceptors (Lipinski definition) is 2. The zero-order valence-corrected chi connectivity index (χ0v) is 20.1. The fourth-order valence-corrected chi connectivity index (χ4v) is 13.3. The summed E-state index contributed by atoms with van der Waals surface area (Å²) >= 11 is 0. The Bertz CT molecular complexity index is 891. The molecule has 0 amide bonds. The van der Waals surface area contributed by atoms with Gasteiger partial charge in [0.05, 0.1) is 5.56 Å². The van der Waals surface area contributed by atoms with Crippen molar-refractivity contribution in [3.8, 4) is 0 Å². The van der Waals surface area contributed by atoms with E-state index in [1.807, 2.05) is 6.07 Å². The first-order chi connectivity index (χ1) is 13.6. The number of nitrogens with zero attached hydrogens (tertiary/aromatic N) is 1. The van der Waals surface area contributed by atoms with Crippen molar-refractivity contribution in [2.45, 2.75) is 90.4 Å². The van der Waals surface area contributed by atoms with E-state index in [-0.39, 0.29) is 6.04 Å². The molecule has 29 heavy (non-hydrogen) atoms. The molecular weight excluding hydrogens is 376 g/mol. The third kappa shape index (κ3) is 3.27. The Morgan fingerprint density at radius 3 is 2.24 bits per heavy atom. The van der Waals surface area contributed by atoms with Gasteiger partial charge in [-0.3, -0.25) is 0 Å². The number of aromatic nitrogens is 1. The summed E-state index contributed by atoms with van der Waals surface area (Å²) in [5.74, 6) is -0.293. The topological polar surface area (TPSA) is 68.2 Å². The van der Waals surface area contributed by atoms with Gasteiger partial charge in [0.2, 0.25) is 0 Å². The van der Waals surface area contributed by atoms with Gasteiger partial charge in [-0.15, -0.1) is 0 Å². The second-order valence-electron chi connectivity index (χ2n) is 9.91. The van der Waals surface area contributed by atoms with Crippen molar-refractivity contribution in [2.75, 3.05) is 0 Å². The monoisotopic (exact) mass is 414 g/mol. The normalized spacial score (nSPS) is 20.1. The second-order valence-corrected chi connectivity index (χ2v) is 15.6. The summed E-state index contributed by atoms with van der Waals surface area (Å²) in [6.07, 6.45) is 3.13. The minimum atomic E-state index is -2.02. The van der Waals surface area contributed by atoms with Crippen LogP contribution in [0.3, 0.4) is 0 Å². The van der Waals surface area contributed by atoms with Crippen molar-refractivity contribution < 1.29 is 9.90 Å². The van der Waals surface area contributed by atoms with E-state index in [9.17, 15) is 9.90 Å². The first-order valence-corrected chi connectivity index (χ1v) is 13.4. The summed E-state index contributed by atoms with van der Waals surface area (Å²) < 4.78 is 2.68. The average Bonchev–Trinajstić information content (AvgIpc) is 2.96. The average molecular weight is 415 g/mol. The quantitative estimate of drug-likeness (QED) is 0.542. The van der Waals surface area contributed by atoms with Gasteiger partial charge in [0, 0.05) is 22.6 Å². The highest BCUT2D eigenvalue weighted by atomic mass is 28.3. The van der Waals surface area contributed by atoms with Crippen molar-refractivity contribution in [3.05, 3.63) is 35.0 Å². The van der Waals surface area contributed by atoms with Gasteiger partial charge in [-0.05, 0) is 59.1 Å². The van der Waals surface area contributed by atoms with Crippen molar-refractivity contribution in [3.63, 3.8) is 0 Å². The van der Waals surface area contributed by atoms with Crippen molar-refractivity contribution in [1.82, 2.24) is 4.23 Å². The Kier molecular flexibility index (Phi) is 6.03. The molecule has 0 saturated carbocycles. The van der Waals surface area contributed by atoms with E-state index in [0.717, 1.165) is 24.6 Å². The molecule has 2 aromatic rings. The summed E-state index contributed by atoms with van der Waals surface area (Å²) in [5, 5.41) is 10.7. The van der Waals surface area contributed by atoms with Crippen LogP contribution >= 0.6 is 0 Å². The standard InChI is InChI=1S/C24H38N2O2Si/c1-8-17-11-20-19-13-18(24(27)28)9-10-22(19)26(23(20)21(25)12-17)29(14(2)3,15(4)5)16(6)7/h9-10,13-17,21H,8,11-12,25H2,1-7H3,(H,27,28). The van der Waals surface area contributed by atoms with Gasteiger partial charge < -0.3 is 15.1 Å². The van der Waals surface area contributed by atoms with Crippen LogP contribution in [0.1, 0.15) is 89.0 Å². The number of carbonyl (C=O) groups is 1. The molecule has 160 valence electrons. The molecule has 1 aromatic heterocycles. The number of nitrogens with two attached hydrogens (primary N) is 1. The predicted octanol–water partition coefficient (Wildman–Crippen LogP) is 6.34. The van der Waals surface area contributed by atoms with Gasteiger partial charge in [-0.2, -0.15) is 0 Å². The molecule has 4 nitrogen and oxygen atoms in total. The fraction of sp³-hybridized carbons (Fsp3) is 0.625. The first kappa shape index (κ1) is 22.1. The lowest BCUT2D eigenvalue weighted by atomic mass is 9.82. The Labute approximate surface area is 176 Å². The number of carboxylic acids is 1. The molecule has 1 aliphatic carbocycles. The molecule has 0 fully saturated rings. The molecule has 0 radical (unpaired) electrons. The number of fused-ring (bicyclic) bond motifs is 3. The van der Waals surface area contributed by atoms with Crippen LogP contribution < -0.4 is 5.73 Å². The molecule has 2 unspecified atom stereocenters. The predicted molar refractivity (Wildman–Crippen MR) is 124 cm³/mol. The molecule has 3 N–H and O–H groups in total. The Hall–Kier alpha value is -1.59. The third-order valence-electron chi connectivity index (χ3n) is 7.53. The highest BCUT2D eigenvalue weighted by molar-refractivity contribution is 6.82. The Morgan fingerprint density at radius 1 is 1.17 bits per heavy atom. The summed E-state index contributed by atoms with van der Waals surface area (Å²) in [6.45, 7) is 16.5. The molecule has 3 rings (SSSR count). The van der Waals surface area contributed by atoms with Crippen LogP contribution in [0, 0.1) is 5.92 Å². The van der Waals surface area contributed by atoms with Crippen LogP contribution in [-0.2, 0) is 6.42 Å². The van der Waals surface area contributed by atoms with Crippen LogP contribution in [0.4, 0.5) is 0 Å². The van der Waals surface area contributed by atoms with Crippen LogP contribution in [0.5, 0.6) is 0 Å². The molecule has 1 aliphatic rings. The lowest BCUT2D eigenvalue weighted by molar-refractivity contribution is 0.0697. The van der Waals surface area contributed by atoms with Crippen molar-refractivity contribution >= 4 is 25.1 Å². The molecule has 0 aliphatic heterocycles. The number of hydrogen-bond donors (Lipinski definition) is 2. The van der Waals surface area contributed by atoms with E-state index in [1.54, 1.807) is 6.07 Å². The Balaban J connectivity index is 2.47. The second kappa shape index (κ2) is 7.92. The van der Waals surface area contributed by atoms with Gasteiger partial charge in [-0.25, -0.2) is 4.79 Å². The molecule has 1 aromatic carbocycles. The van der Waals surface area contributed by atoms with Crippen LogP contribution in [0.15, 0.2) is 18.2 Å². The minimum Gasteiger partial charge on any atom is -0.478 e. The summed E-state index contributed by atoms with van der Waals surface area (Å²) in [4.78, 5) is 11.7. The smallest absolute Gasteiger partial charge is 0.335 e. The van der Waals surface area contributed by atoms with E-state index in [1.165, 1.54) is 16.8 Å². The Morgan fingerprint density at radius 2 is 1.76 bits per heavy atom. The van der Waals surface area contributed by atoms with E-state index in [0.29, 0.717) is 28.1 Å². The van der Waals surface area contributed by atoms with Crippen molar-refractivity contribution in [2.24, 2.45) is 11.7 Å². The SMILES string of the molecule is CCC1Cc2c(n([Si](C(C)C)(C(C)C)C(C)C)c3ccc(C(=O)O)cc23)C(N)C1. The van der Waals surface area contributed by atoms with E-state index < -0.39 is 14.2 Å². The van der Waals surface area contributed by atoms with Crippen LogP contribution in [0.25, 0.3) is 10.9 Å². The lowest BCUT2D eigenvalue weighted by Crippen LogP contribution is -2.53. The maximum atomic E-state index is 11.7.